The van der Waals surface area contributed by atoms with Crippen molar-refractivity contribution >= 4 is 27.8 Å². The maximum Gasteiger partial charge on any atom is 0.321 e. The number of aliphatic carboxylic acids is 1. The number of hydrogen-bond acceptors (Lipinski definition) is 4. The molecule has 0 radical (unpaired) electrons. The molecule has 2 N–H and O–H groups in total. The number of carboxylic acids is 1. The van der Waals surface area contributed by atoms with Gasteiger partial charge in [-0.25, -0.2) is 8.42 Å². The Labute approximate surface area is 111 Å². The lowest BCUT2D eigenvalue weighted by Crippen LogP contribution is -2.41. The minimum atomic E-state index is -3.78. The Kier molecular flexibility index (Phi) is 5.64. The summed E-state index contributed by atoms with van der Waals surface area (Å²) >= 11 is 1.47. The molecule has 0 aliphatic heterocycles. The van der Waals surface area contributed by atoms with Crippen LogP contribution < -0.4 is 4.72 Å². The molecule has 0 spiro atoms. The molecular formula is C11H15NO4S2. The highest BCUT2D eigenvalue weighted by Crippen LogP contribution is 2.10. The fourth-order valence-corrected chi connectivity index (χ4v) is 3.04. The molecule has 0 aliphatic rings. The number of nitrogens with one attached hydrogen (secondary N) is 1. The number of rotatable bonds is 7. The van der Waals surface area contributed by atoms with E-state index in [1.54, 1.807) is 18.2 Å². The zero-order chi connectivity index (χ0) is 13.6. The fourth-order valence-electron chi connectivity index (χ4n) is 1.32. The number of thioether (sulfide) groups is 1. The third-order valence-corrected chi connectivity index (χ3v) is 4.39. The zero-order valence-electron chi connectivity index (χ0n) is 9.87. The molecule has 0 fully saturated rings. The highest BCUT2D eigenvalue weighted by atomic mass is 32.2. The predicted molar refractivity (Wildman–Crippen MR) is 71.2 cm³/mol. The van der Waals surface area contributed by atoms with Crippen molar-refractivity contribution in [3.8, 4) is 0 Å². The van der Waals surface area contributed by atoms with Gasteiger partial charge in [0.2, 0.25) is 10.0 Å². The van der Waals surface area contributed by atoms with Gasteiger partial charge in [0.05, 0.1) is 4.90 Å². The van der Waals surface area contributed by atoms with Gasteiger partial charge in [0.25, 0.3) is 0 Å². The first-order valence-electron chi connectivity index (χ1n) is 5.26. The third-order valence-electron chi connectivity index (χ3n) is 2.26. The molecule has 100 valence electrons. The van der Waals surface area contributed by atoms with E-state index in [0.29, 0.717) is 5.75 Å². The molecule has 1 atom stereocenters. The van der Waals surface area contributed by atoms with Gasteiger partial charge in [-0.05, 0) is 30.6 Å². The average Bonchev–Trinajstić information content (AvgIpc) is 2.35. The van der Waals surface area contributed by atoms with Gasteiger partial charge in [0.15, 0.2) is 0 Å². The van der Waals surface area contributed by atoms with E-state index in [1.165, 1.54) is 23.9 Å². The van der Waals surface area contributed by atoms with Crippen LogP contribution in [0.1, 0.15) is 6.42 Å². The molecule has 0 bridgehead atoms. The monoisotopic (exact) mass is 289 g/mol. The van der Waals surface area contributed by atoms with Crippen molar-refractivity contribution < 1.29 is 18.3 Å². The normalized spacial score (nSPS) is 13.2. The molecule has 0 heterocycles. The smallest absolute Gasteiger partial charge is 0.321 e. The van der Waals surface area contributed by atoms with Crippen molar-refractivity contribution in [3.63, 3.8) is 0 Å². The molecular weight excluding hydrogens is 274 g/mol. The lowest BCUT2D eigenvalue weighted by Gasteiger charge is -2.14. The Morgan fingerprint density at radius 1 is 1.39 bits per heavy atom. The molecule has 1 rings (SSSR count). The van der Waals surface area contributed by atoms with Crippen LogP contribution in [0.25, 0.3) is 0 Å². The SMILES string of the molecule is CSCC[C@H](NS(=O)(=O)c1ccccc1)C(=O)O. The van der Waals surface area contributed by atoms with Crippen molar-refractivity contribution in [2.45, 2.75) is 17.4 Å². The van der Waals surface area contributed by atoms with Crippen LogP contribution in [-0.2, 0) is 14.8 Å². The van der Waals surface area contributed by atoms with Gasteiger partial charge in [-0.2, -0.15) is 16.5 Å². The summed E-state index contributed by atoms with van der Waals surface area (Å²) in [7, 11) is -3.78. The van der Waals surface area contributed by atoms with E-state index in [4.69, 9.17) is 5.11 Å². The van der Waals surface area contributed by atoms with Crippen molar-refractivity contribution in [2.75, 3.05) is 12.0 Å². The summed E-state index contributed by atoms with van der Waals surface area (Å²) in [5.74, 6) is -0.586. The van der Waals surface area contributed by atoms with E-state index in [2.05, 4.69) is 4.72 Å². The number of carbonyl (C=O) groups is 1. The first kappa shape index (κ1) is 15.0. The quantitative estimate of drug-likeness (QED) is 0.787. The molecule has 1 aromatic carbocycles. The number of sulfonamides is 1. The fraction of sp³-hybridized carbons (Fsp3) is 0.364. The molecule has 0 aromatic heterocycles. The van der Waals surface area contributed by atoms with Gasteiger partial charge in [-0.15, -0.1) is 0 Å². The van der Waals surface area contributed by atoms with E-state index in [-0.39, 0.29) is 11.3 Å². The molecule has 0 saturated carbocycles. The first-order chi connectivity index (χ1) is 8.47. The summed E-state index contributed by atoms with van der Waals surface area (Å²) in [6, 6.07) is 6.63. The Morgan fingerprint density at radius 2 is 2.00 bits per heavy atom. The Balaban J connectivity index is 2.83. The molecule has 0 amide bonds. The standard InChI is InChI=1S/C11H15NO4S2/c1-17-8-7-10(11(13)14)12-18(15,16)9-5-3-2-4-6-9/h2-6,10,12H,7-8H2,1H3,(H,13,14)/t10-/m0/s1. The Bertz CT molecular complexity index is 487. The summed E-state index contributed by atoms with van der Waals surface area (Å²) < 4.78 is 26.1. The Hall–Kier alpha value is -1.05. The number of benzene rings is 1. The first-order valence-corrected chi connectivity index (χ1v) is 8.14. The van der Waals surface area contributed by atoms with Crippen molar-refractivity contribution in [2.24, 2.45) is 0 Å². The van der Waals surface area contributed by atoms with Gasteiger partial charge >= 0.3 is 5.97 Å². The van der Waals surface area contributed by atoms with E-state index in [0.717, 1.165) is 0 Å². The number of hydrogen-bond donors (Lipinski definition) is 2. The van der Waals surface area contributed by atoms with Gasteiger partial charge < -0.3 is 5.11 Å². The molecule has 7 heteroatoms. The highest BCUT2D eigenvalue weighted by Gasteiger charge is 2.24. The van der Waals surface area contributed by atoms with Gasteiger partial charge in [-0.3, -0.25) is 4.79 Å². The van der Waals surface area contributed by atoms with Crippen LogP contribution in [0, 0.1) is 0 Å². The lowest BCUT2D eigenvalue weighted by atomic mass is 10.2. The summed E-state index contributed by atoms with van der Waals surface area (Å²) in [5, 5.41) is 8.97. The topological polar surface area (TPSA) is 83.5 Å². The minimum absolute atomic E-state index is 0.0698. The van der Waals surface area contributed by atoms with Gasteiger partial charge in [0, 0.05) is 0 Å². The minimum Gasteiger partial charge on any atom is -0.480 e. The Morgan fingerprint density at radius 3 is 2.50 bits per heavy atom. The molecule has 18 heavy (non-hydrogen) atoms. The number of carboxylic acid groups (broad SMARTS) is 1. The van der Waals surface area contributed by atoms with E-state index in [9.17, 15) is 13.2 Å². The zero-order valence-corrected chi connectivity index (χ0v) is 11.5. The van der Waals surface area contributed by atoms with Crippen LogP contribution in [0.3, 0.4) is 0 Å². The van der Waals surface area contributed by atoms with Crippen LogP contribution in [-0.4, -0.2) is 37.5 Å². The maximum atomic E-state index is 11.9. The summed E-state index contributed by atoms with van der Waals surface area (Å²) in [5.41, 5.74) is 0. The van der Waals surface area contributed by atoms with Crippen molar-refractivity contribution in [3.05, 3.63) is 30.3 Å². The van der Waals surface area contributed by atoms with Crippen LogP contribution in [0.15, 0.2) is 35.2 Å². The molecule has 5 nitrogen and oxygen atoms in total. The van der Waals surface area contributed by atoms with E-state index >= 15 is 0 Å². The van der Waals surface area contributed by atoms with Crippen molar-refractivity contribution in [1.82, 2.24) is 4.72 Å². The summed E-state index contributed by atoms with van der Waals surface area (Å²) in [6.45, 7) is 0. The molecule has 0 unspecified atom stereocenters. The third kappa shape index (κ3) is 4.32. The maximum absolute atomic E-state index is 11.9. The molecule has 0 aliphatic carbocycles. The second-order valence-corrected chi connectivity index (χ2v) is 6.31. The van der Waals surface area contributed by atoms with Gasteiger partial charge in [-0.1, -0.05) is 18.2 Å². The van der Waals surface area contributed by atoms with Crippen LogP contribution in [0.5, 0.6) is 0 Å². The van der Waals surface area contributed by atoms with Crippen LogP contribution >= 0.6 is 11.8 Å². The highest BCUT2D eigenvalue weighted by molar-refractivity contribution is 7.98. The summed E-state index contributed by atoms with van der Waals surface area (Å²) in [6.07, 6.45) is 2.09. The predicted octanol–water partition coefficient (Wildman–Crippen LogP) is 1.17. The average molecular weight is 289 g/mol. The van der Waals surface area contributed by atoms with Crippen molar-refractivity contribution in [1.29, 1.82) is 0 Å². The van der Waals surface area contributed by atoms with E-state index in [1.807, 2.05) is 6.26 Å². The second kappa shape index (κ2) is 6.77. The second-order valence-electron chi connectivity index (χ2n) is 3.61. The van der Waals surface area contributed by atoms with E-state index < -0.39 is 22.0 Å². The largest absolute Gasteiger partial charge is 0.480 e. The summed E-state index contributed by atoms with van der Waals surface area (Å²) in [4.78, 5) is 11.0. The van der Waals surface area contributed by atoms with Crippen LogP contribution in [0.2, 0.25) is 0 Å². The lowest BCUT2D eigenvalue weighted by molar-refractivity contribution is -0.139. The van der Waals surface area contributed by atoms with Crippen LogP contribution in [0.4, 0.5) is 0 Å². The molecule has 1 aromatic rings. The van der Waals surface area contributed by atoms with Gasteiger partial charge in [0.1, 0.15) is 6.04 Å². The molecule has 0 saturated heterocycles.